The van der Waals surface area contributed by atoms with Crippen LogP contribution in [0.5, 0.6) is 0 Å². The maximum absolute atomic E-state index is 12.3. The Kier molecular flexibility index (Phi) is 8.32. The third kappa shape index (κ3) is 5.95. The second kappa shape index (κ2) is 10.3. The number of carbonyl (C=O) groups is 1. The van der Waals surface area contributed by atoms with E-state index in [-0.39, 0.29) is 11.9 Å². The molecule has 0 fully saturated rings. The lowest BCUT2D eigenvalue weighted by molar-refractivity contribution is -0.121. The lowest BCUT2D eigenvalue weighted by Gasteiger charge is -2.27. The Balaban J connectivity index is 2.42. The number of benzene rings is 1. The Hall–Kier alpha value is -1.59. The summed E-state index contributed by atoms with van der Waals surface area (Å²) >= 11 is 12.7. The van der Waals surface area contributed by atoms with E-state index in [1.807, 2.05) is 19.9 Å². The molecule has 0 saturated heterocycles. The van der Waals surface area contributed by atoms with Crippen LogP contribution in [0.25, 0.3) is 10.9 Å². The summed E-state index contributed by atoms with van der Waals surface area (Å²) in [5, 5.41) is 4.90. The predicted octanol–water partition coefficient (Wildman–Crippen LogP) is 5.27. The van der Waals surface area contributed by atoms with Gasteiger partial charge in [-0.25, -0.2) is 9.97 Å². The van der Waals surface area contributed by atoms with Crippen LogP contribution in [0.1, 0.15) is 53.3 Å². The van der Waals surface area contributed by atoms with Crippen LogP contribution in [0.3, 0.4) is 0 Å². The monoisotopic (exact) mass is 424 g/mol. The maximum atomic E-state index is 12.3. The smallest absolute Gasteiger partial charge is 0.221 e. The van der Waals surface area contributed by atoms with Gasteiger partial charge in [-0.1, -0.05) is 50.9 Å². The van der Waals surface area contributed by atoms with Crippen LogP contribution in [0.15, 0.2) is 12.1 Å². The predicted molar refractivity (Wildman–Crippen MR) is 118 cm³/mol. The summed E-state index contributed by atoms with van der Waals surface area (Å²) in [6.07, 6.45) is 2.01. The zero-order chi connectivity index (χ0) is 20.8. The van der Waals surface area contributed by atoms with Gasteiger partial charge in [0.2, 0.25) is 5.91 Å². The minimum absolute atomic E-state index is 0.0493. The molecule has 0 radical (unpaired) electrons. The molecule has 1 aromatic carbocycles. The highest BCUT2D eigenvalue weighted by molar-refractivity contribution is 6.38. The van der Waals surface area contributed by atoms with Gasteiger partial charge in [-0.2, -0.15) is 0 Å². The number of carbonyl (C=O) groups excluding carboxylic acids is 1. The zero-order valence-corrected chi connectivity index (χ0v) is 18.9. The van der Waals surface area contributed by atoms with E-state index in [0.29, 0.717) is 40.9 Å². The van der Waals surface area contributed by atoms with Crippen LogP contribution in [0, 0.1) is 5.92 Å². The van der Waals surface area contributed by atoms with Gasteiger partial charge in [0.1, 0.15) is 11.6 Å². The largest absolute Gasteiger partial charge is 0.355 e. The number of aryl methyl sites for hydroxylation is 1. The summed E-state index contributed by atoms with van der Waals surface area (Å²) in [4.78, 5) is 23.8. The molecule has 0 aliphatic carbocycles. The first-order valence-corrected chi connectivity index (χ1v) is 10.7. The van der Waals surface area contributed by atoms with E-state index in [1.165, 1.54) is 0 Å². The number of anilines is 1. The van der Waals surface area contributed by atoms with E-state index in [1.54, 1.807) is 6.07 Å². The SMILES string of the molecule is CCc1nc(N(CCC(=O)NC(C)CC)CC(C)C)c2cc(Cl)cc(Cl)c2n1. The summed E-state index contributed by atoms with van der Waals surface area (Å²) in [6.45, 7) is 11.7. The second-order valence-electron chi connectivity index (χ2n) is 7.57. The van der Waals surface area contributed by atoms with E-state index < -0.39 is 0 Å². The van der Waals surface area contributed by atoms with Crippen LogP contribution in [-0.4, -0.2) is 35.0 Å². The van der Waals surface area contributed by atoms with Crippen molar-refractivity contribution < 1.29 is 4.79 Å². The molecule has 154 valence electrons. The number of nitrogens with zero attached hydrogens (tertiary/aromatic N) is 3. The van der Waals surface area contributed by atoms with Gasteiger partial charge < -0.3 is 10.2 Å². The molecule has 1 heterocycles. The van der Waals surface area contributed by atoms with Crippen LogP contribution in [-0.2, 0) is 11.2 Å². The molecule has 1 N–H and O–H groups in total. The molecule has 2 aromatic rings. The topological polar surface area (TPSA) is 58.1 Å². The van der Waals surface area contributed by atoms with E-state index >= 15 is 0 Å². The molecular formula is C21H30Cl2N4O. The molecule has 1 amide bonds. The molecule has 7 heteroatoms. The van der Waals surface area contributed by atoms with Crippen LogP contribution in [0.4, 0.5) is 5.82 Å². The number of nitrogens with one attached hydrogen (secondary N) is 1. The molecule has 1 unspecified atom stereocenters. The van der Waals surface area contributed by atoms with Crippen molar-refractivity contribution in [1.82, 2.24) is 15.3 Å². The Labute approximate surface area is 177 Å². The van der Waals surface area contributed by atoms with Gasteiger partial charge in [0.05, 0.1) is 10.5 Å². The molecular weight excluding hydrogens is 395 g/mol. The van der Waals surface area contributed by atoms with E-state index in [4.69, 9.17) is 28.2 Å². The average Bonchev–Trinajstić information content (AvgIpc) is 2.64. The fraction of sp³-hybridized carbons (Fsp3) is 0.571. The van der Waals surface area contributed by atoms with Gasteiger partial charge in [0.15, 0.2) is 0 Å². The number of halogens is 2. The van der Waals surface area contributed by atoms with Gasteiger partial charge in [0.25, 0.3) is 0 Å². The van der Waals surface area contributed by atoms with E-state index in [0.717, 1.165) is 30.0 Å². The molecule has 0 aliphatic heterocycles. The number of fused-ring (bicyclic) bond motifs is 1. The molecule has 28 heavy (non-hydrogen) atoms. The first-order valence-electron chi connectivity index (χ1n) is 9.95. The highest BCUT2D eigenvalue weighted by atomic mass is 35.5. The quantitative estimate of drug-likeness (QED) is 0.595. The van der Waals surface area contributed by atoms with Crippen LogP contribution < -0.4 is 10.2 Å². The van der Waals surface area contributed by atoms with Gasteiger partial charge in [-0.3, -0.25) is 4.79 Å². The summed E-state index contributed by atoms with van der Waals surface area (Å²) in [5.41, 5.74) is 0.700. The number of aromatic nitrogens is 2. The highest BCUT2D eigenvalue weighted by Crippen LogP contribution is 2.32. The van der Waals surface area contributed by atoms with Crippen molar-refractivity contribution in [2.45, 2.75) is 59.9 Å². The first-order chi connectivity index (χ1) is 13.2. The molecule has 0 bridgehead atoms. The van der Waals surface area contributed by atoms with Crippen molar-refractivity contribution in [2.75, 3.05) is 18.0 Å². The minimum atomic E-state index is 0.0493. The summed E-state index contributed by atoms with van der Waals surface area (Å²) in [5.74, 6) is 1.97. The highest BCUT2D eigenvalue weighted by Gasteiger charge is 2.19. The Bertz CT molecular complexity index is 826. The molecule has 2 rings (SSSR count). The number of hydrogen-bond donors (Lipinski definition) is 1. The van der Waals surface area contributed by atoms with Gasteiger partial charge in [0, 0.05) is 42.4 Å². The molecule has 0 spiro atoms. The van der Waals surface area contributed by atoms with Crippen molar-refractivity contribution in [3.63, 3.8) is 0 Å². The second-order valence-corrected chi connectivity index (χ2v) is 8.41. The fourth-order valence-corrected chi connectivity index (χ4v) is 3.53. The number of rotatable bonds is 9. The van der Waals surface area contributed by atoms with Crippen molar-refractivity contribution in [3.05, 3.63) is 28.0 Å². The maximum Gasteiger partial charge on any atom is 0.221 e. The summed E-state index contributed by atoms with van der Waals surface area (Å²) in [7, 11) is 0. The van der Waals surface area contributed by atoms with E-state index in [2.05, 4.69) is 36.0 Å². The molecule has 1 atom stereocenters. The molecule has 5 nitrogen and oxygen atoms in total. The average molecular weight is 425 g/mol. The number of amides is 1. The van der Waals surface area contributed by atoms with Crippen LogP contribution in [0.2, 0.25) is 10.0 Å². The van der Waals surface area contributed by atoms with Crippen LogP contribution >= 0.6 is 23.2 Å². The summed E-state index contributed by atoms with van der Waals surface area (Å²) in [6, 6.07) is 3.73. The standard InChI is InChI=1S/C21H30Cl2N4O/c1-6-14(5)24-19(28)8-9-27(12-13(3)4)21-16-10-15(22)11-17(23)20(16)25-18(7-2)26-21/h10-11,13-14H,6-9,12H2,1-5H3,(H,24,28). The third-order valence-electron chi connectivity index (χ3n) is 4.57. The van der Waals surface area contributed by atoms with Gasteiger partial charge in [-0.15, -0.1) is 0 Å². The Morgan fingerprint density at radius 2 is 1.89 bits per heavy atom. The normalized spacial score (nSPS) is 12.4. The van der Waals surface area contributed by atoms with Crippen molar-refractivity contribution >= 4 is 45.8 Å². The van der Waals surface area contributed by atoms with E-state index in [9.17, 15) is 4.79 Å². The first kappa shape index (κ1) is 22.7. The minimum Gasteiger partial charge on any atom is -0.355 e. The van der Waals surface area contributed by atoms with Crippen molar-refractivity contribution in [2.24, 2.45) is 5.92 Å². The lowest BCUT2D eigenvalue weighted by atomic mass is 10.1. The summed E-state index contributed by atoms with van der Waals surface area (Å²) < 4.78 is 0. The van der Waals surface area contributed by atoms with Crippen molar-refractivity contribution in [3.8, 4) is 0 Å². The molecule has 0 aliphatic rings. The molecule has 0 saturated carbocycles. The number of hydrogen-bond acceptors (Lipinski definition) is 4. The Morgan fingerprint density at radius 3 is 2.50 bits per heavy atom. The van der Waals surface area contributed by atoms with Gasteiger partial charge >= 0.3 is 0 Å². The Morgan fingerprint density at radius 1 is 1.18 bits per heavy atom. The zero-order valence-electron chi connectivity index (χ0n) is 17.4. The molecule has 1 aromatic heterocycles. The fourth-order valence-electron chi connectivity index (χ4n) is 3.00. The van der Waals surface area contributed by atoms with Gasteiger partial charge in [-0.05, 0) is 31.4 Å². The third-order valence-corrected chi connectivity index (χ3v) is 5.08. The lowest BCUT2D eigenvalue weighted by Crippen LogP contribution is -2.37. The van der Waals surface area contributed by atoms with Crippen molar-refractivity contribution in [1.29, 1.82) is 0 Å².